The smallest absolute Gasteiger partial charge is 0.132 e. The molecule has 0 spiro atoms. The molecule has 0 aromatic carbocycles. The molecule has 2 aromatic heterocycles. The van der Waals surface area contributed by atoms with Crippen molar-refractivity contribution in [3.8, 4) is 0 Å². The summed E-state index contributed by atoms with van der Waals surface area (Å²) >= 11 is 0. The maximum Gasteiger partial charge on any atom is 0.132 e. The number of aryl methyl sites for hydroxylation is 1. The average molecular weight is 350 g/mol. The van der Waals surface area contributed by atoms with Crippen molar-refractivity contribution in [1.29, 1.82) is 0 Å². The summed E-state index contributed by atoms with van der Waals surface area (Å²) in [7, 11) is 0. The van der Waals surface area contributed by atoms with Gasteiger partial charge in [-0.3, -0.25) is 4.90 Å². The van der Waals surface area contributed by atoms with Gasteiger partial charge in [-0.05, 0) is 31.6 Å². The van der Waals surface area contributed by atoms with E-state index in [-0.39, 0.29) is 0 Å². The Bertz CT molecular complexity index is 758. The molecule has 0 bridgehead atoms. The van der Waals surface area contributed by atoms with Crippen LogP contribution in [0.15, 0.2) is 24.8 Å². The van der Waals surface area contributed by atoms with Crippen LogP contribution >= 0.6 is 0 Å². The molecule has 1 saturated carbocycles. The molecule has 2 aromatic rings. The van der Waals surface area contributed by atoms with Gasteiger partial charge in [-0.25, -0.2) is 19.9 Å². The standard InChI is InChI=1S/C20H26N6/c1-14-21-6-15(7-22-14)8-25-9-17-11-26(12-18(17)10-25)20-5-19(23-13-24-20)16-3-2-4-16/h5-7,13,16-18H,2-4,8-12H2,1H3. The SMILES string of the molecule is Cc1ncc(CN2CC3CN(c4cc(C5CCC5)ncn4)CC3C2)cn1. The Labute approximate surface area is 154 Å². The van der Waals surface area contributed by atoms with E-state index in [1.54, 1.807) is 6.33 Å². The highest BCUT2D eigenvalue weighted by Crippen LogP contribution is 2.38. The fourth-order valence-corrected chi connectivity index (χ4v) is 4.63. The van der Waals surface area contributed by atoms with Gasteiger partial charge >= 0.3 is 0 Å². The minimum absolute atomic E-state index is 0.672. The van der Waals surface area contributed by atoms with Crippen LogP contribution in [0.2, 0.25) is 0 Å². The summed E-state index contributed by atoms with van der Waals surface area (Å²) < 4.78 is 0. The summed E-state index contributed by atoms with van der Waals surface area (Å²) in [5.74, 6) is 4.13. The van der Waals surface area contributed by atoms with Gasteiger partial charge in [-0.15, -0.1) is 0 Å². The Morgan fingerprint density at radius 2 is 1.69 bits per heavy atom. The average Bonchev–Trinajstić information content (AvgIpc) is 3.14. The first-order chi connectivity index (χ1) is 12.7. The third kappa shape index (κ3) is 3.07. The third-order valence-corrected chi connectivity index (χ3v) is 6.32. The van der Waals surface area contributed by atoms with Crippen molar-refractivity contribution in [3.05, 3.63) is 41.9 Å². The summed E-state index contributed by atoms with van der Waals surface area (Å²) in [6.45, 7) is 7.46. The van der Waals surface area contributed by atoms with E-state index in [4.69, 9.17) is 0 Å². The normalized spacial score (nSPS) is 26.1. The highest BCUT2D eigenvalue weighted by Gasteiger charge is 2.40. The zero-order chi connectivity index (χ0) is 17.5. The Balaban J connectivity index is 1.21. The third-order valence-electron chi connectivity index (χ3n) is 6.32. The molecule has 3 aliphatic rings. The maximum absolute atomic E-state index is 4.57. The van der Waals surface area contributed by atoms with Crippen molar-refractivity contribution in [2.24, 2.45) is 11.8 Å². The van der Waals surface area contributed by atoms with E-state index < -0.39 is 0 Å². The molecular weight excluding hydrogens is 324 g/mol. The van der Waals surface area contributed by atoms with Crippen molar-refractivity contribution < 1.29 is 0 Å². The van der Waals surface area contributed by atoms with Crippen LogP contribution in [0.25, 0.3) is 0 Å². The van der Waals surface area contributed by atoms with E-state index in [0.29, 0.717) is 5.92 Å². The summed E-state index contributed by atoms with van der Waals surface area (Å²) in [5.41, 5.74) is 2.47. The quantitative estimate of drug-likeness (QED) is 0.844. The maximum atomic E-state index is 4.57. The fourth-order valence-electron chi connectivity index (χ4n) is 4.63. The Kier molecular flexibility index (Phi) is 4.08. The molecule has 2 atom stereocenters. The lowest BCUT2D eigenvalue weighted by Crippen LogP contribution is -2.29. The number of rotatable bonds is 4. The van der Waals surface area contributed by atoms with E-state index >= 15 is 0 Å². The van der Waals surface area contributed by atoms with E-state index in [1.165, 1.54) is 30.5 Å². The molecule has 6 heteroatoms. The fraction of sp³-hybridized carbons (Fsp3) is 0.600. The van der Waals surface area contributed by atoms with Crippen LogP contribution < -0.4 is 4.90 Å². The van der Waals surface area contributed by atoms with Crippen LogP contribution in [0.3, 0.4) is 0 Å². The molecule has 3 fully saturated rings. The minimum Gasteiger partial charge on any atom is -0.356 e. The second-order valence-corrected chi connectivity index (χ2v) is 8.19. The van der Waals surface area contributed by atoms with Gasteiger partial charge in [0.05, 0.1) is 0 Å². The molecule has 5 rings (SSSR count). The van der Waals surface area contributed by atoms with Gasteiger partial charge in [0.15, 0.2) is 0 Å². The van der Waals surface area contributed by atoms with Gasteiger partial charge < -0.3 is 4.90 Å². The number of hydrogen-bond acceptors (Lipinski definition) is 6. The summed E-state index contributed by atoms with van der Waals surface area (Å²) in [6.07, 6.45) is 9.62. The van der Waals surface area contributed by atoms with Gasteiger partial charge in [0.1, 0.15) is 18.0 Å². The predicted octanol–water partition coefficient (Wildman–Crippen LogP) is 2.41. The molecule has 26 heavy (non-hydrogen) atoms. The van der Waals surface area contributed by atoms with Gasteiger partial charge in [0.25, 0.3) is 0 Å². The molecular formula is C20H26N6. The molecule has 0 N–H and O–H groups in total. The second kappa shape index (κ2) is 6.58. The minimum atomic E-state index is 0.672. The van der Waals surface area contributed by atoms with Crippen LogP contribution in [0, 0.1) is 18.8 Å². The van der Waals surface area contributed by atoms with Crippen molar-refractivity contribution in [2.45, 2.75) is 38.6 Å². The first-order valence-corrected chi connectivity index (χ1v) is 9.81. The first kappa shape index (κ1) is 16.1. The summed E-state index contributed by atoms with van der Waals surface area (Å²) in [5, 5.41) is 0. The monoisotopic (exact) mass is 350 g/mol. The van der Waals surface area contributed by atoms with Crippen LogP contribution in [-0.4, -0.2) is 51.0 Å². The van der Waals surface area contributed by atoms with Gasteiger partial charge in [-0.1, -0.05) is 6.42 Å². The van der Waals surface area contributed by atoms with Crippen LogP contribution in [0.5, 0.6) is 0 Å². The first-order valence-electron chi connectivity index (χ1n) is 9.81. The van der Waals surface area contributed by atoms with Crippen LogP contribution in [-0.2, 0) is 6.54 Å². The lowest BCUT2D eigenvalue weighted by atomic mass is 9.83. The Hall–Kier alpha value is -2.08. The van der Waals surface area contributed by atoms with Crippen molar-refractivity contribution in [2.75, 3.05) is 31.1 Å². The van der Waals surface area contributed by atoms with Crippen molar-refractivity contribution in [3.63, 3.8) is 0 Å². The molecule has 2 unspecified atom stereocenters. The molecule has 2 saturated heterocycles. The molecule has 6 nitrogen and oxygen atoms in total. The number of nitrogens with zero attached hydrogens (tertiary/aromatic N) is 6. The Morgan fingerprint density at radius 1 is 0.962 bits per heavy atom. The molecule has 0 radical (unpaired) electrons. The summed E-state index contributed by atoms with van der Waals surface area (Å²) in [4.78, 5) is 22.8. The molecule has 0 amide bonds. The molecule has 136 valence electrons. The van der Waals surface area contributed by atoms with Gasteiger partial charge in [0, 0.05) is 68.4 Å². The van der Waals surface area contributed by atoms with E-state index in [2.05, 4.69) is 35.8 Å². The van der Waals surface area contributed by atoms with Crippen LogP contribution in [0.4, 0.5) is 5.82 Å². The lowest BCUT2D eigenvalue weighted by Gasteiger charge is -2.26. The highest BCUT2D eigenvalue weighted by molar-refractivity contribution is 5.42. The predicted molar refractivity (Wildman–Crippen MR) is 99.9 cm³/mol. The summed E-state index contributed by atoms with van der Waals surface area (Å²) in [6, 6.07) is 2.24. The number of hydrogen-bond donors (Lipinski definition) is 0. The number of likely N-dealkylation sites (tertiary alicyclic amines) is 1. The van der Waals surface area contributed by atoms with Crippen molar-refractivity contribution in [1.82, 2.24) is 24.8 Å². The number of aromatic nitrogens is 4. The molecule has 4 heterocycles. The largest absolute Gasteiger partial charge is 0.356 e. The molecule has 1 aliphatic carbocycles. The lowest BCUT2D eigenvalue weighted by molar-refractivity contribution is 0.308. The highest BCUT2D eigenvalue weighted by atomic mass is 15.3. The van der Waals surface area contributed by atoms with E-state index in [1.807, 2.05) is 19.3 Å². The van der Waals surface area contributed by atoms with E-state index in [9.17, 15) is 0 Å². The van der Waals surface area contributed by atoms with Gasteiger partial charge in [-0.2, -0.15) is 0 Å². The number of fused-ring (bicyclic) bond motifs is 1. The second-order valence-electron chi connectivity index (χ2n) is 8.19. The number of anilines is 1. The topological polar surface area (TPSA) is 58.0 Å². The Morgan fingerprint density at radius 3 is 2.35 bits per heavy atom. The van der Waals surface area contributed by atoms with Crippen molar-refractivity contribution >= 4 is 5.82 Å². The zero-order valence-corrected chi connectivity index (χ0v) is 15.4. The van der Waals surface area contributed by atoms with E-state index in [0.717, 1.165) is 56.2 Å². The van der Waals surface area contributed by atoms with Gasteiger partial charge in [0.2, 0.25) is 0 Å². The van der Waals surface area contributed by atoms with Crippen LogP contribution in [0.1, 0.15) is 42.3 Å². The molecule has 2 aliphatic heterocycles. The zero-order valence-electron chi connectivity index (χ0n) is 15.4.